The standard InChI is InChI=1S/C21H32N2O4/c1-3-4-13-26-18-8-6-17(7-9-18)22-20(24)15-23-12-10-19(25-2)21(16-23)11-5-14-27-21/h6-9,19H,3-5,10-16H2,1-2H3,(H,22,24)/t19-,21-/m0/s1. The Bertz CT molecular complexity index is 599. The lowest BCUT2D eigenvalue weighted by atomic mass is 9.87. The first-order chi connectivity index (χ1) is 13.1. The number of likely N-dealkylation sites (tertiary alicyclic amines) is 1. The zero-order valence-corrected chi connectivity index (χ0v) is 16.5. The van der Waals surface area contributed by atoms with Gasteiger partial charge in [-0.3, -0.25) is 9.69 Å². The van der Waals surface area contributed by atoms with Gasteiger partial charge in [0.1, 0.15) is 11.4 Å². The average molecular weight is 376 g/mol. The molecule has 150 valence electrons. The van der Waals surface area contributed by atoms with Crippen molar-refractivity contribution in [1.82, 2.24) is 4.90 Å². The van der Waals surface area contributed by atoms with E-state index in [2.05, 4.69) is 17.1 Å². The topological polar surface area (TPSA) is 60.0 Å². The van der Waals surface area contributed by atoms with Crippen LogP contribution in [0.3, 0.4) is 0 Å². The molecule has 27 heavy (non-hydrogen) atoms. The lowest BCUT2D eigenvalue weighted by molar-refractivity contribution is -0.146. The number of piperidine rings is 1. The first-order valence-electron chi connectivity index (χ1n) is 10.1. The molecule has 0 bridgehead atoms. The number of ether oxygens (including phenoxy) is 3. The molecule has 0 unspecified atom stereocenters. The third-order valence-electron chi connectivity index (χ3n) is 5.48. The van der Waals surface area contributed by atoms with Crippen LogP contribution in [0.5, 0.6) is 5.75 Å². The fourth-order valence-electron chi connectivity index (χ4n) is 4.06. The van der Waals surface area contributed by atoms with Gasteiger partial charge < -0.3 is 19.5 Å². The number of nitrogens with one attached hydrogen (secondary N) is 1. The van der Waals surface area contributed by atoms with E-state index in [1.807, 2.05) is 24.3 Å². The van der Waals surface area contributed by atoms with Crippen LogP contribution < -0.4 is 10.1 Å². The molecule has 0 saturated carbocycles. The number of hydrogen-bond acceptors (Lipinski definition) is 5. The van der Waals surface area contributed by atoms with Crippen LogP contribution in [0.4, 0.5) is 5.69 Å². The maximum atomic E-state index is 12.5. The SMILES string of the molecule is CCCCOc1ccc(NC(=O)CN2CC[C@H](OC)[C@]3(CCCO3)C2)cc1. The lowest BCUT2D eigenvalue weighted by Gasteiger charge is -2.44. The molecule has 1 N–H and O–H groups in total. The molecule has 3 rings (SSSR count). The third-order valence-corrected chi connectivity index (χ3v) is 5.48. The Hall–Kier alpha value is -1.63. The number of rotatable bonds is 8. The molecule has 2 atom stereocenters. The van der Waals surface area contributed by atoms with Gasteiger partial charge in [0.05, 0.1) is 19.3 Å². The smallest absolute Gasteiger partial charge is 0.238 e. The molecule has 2 aliphatic rings. The molecule has 1 amide bonds. The van der Waals surface area contributed by atoms with Crippen LogP contribution in [0, 0.1) is 0 Å². The summed E-state index contributed by atoms with van der Waals surface area (Å²) in [5.41, 5.74) is 0.548. The number of hydrogen-bond donors (Lipinski definition) is 1. The predicted molar refractivity (Wildman–Crippen MR) is 105 cm³/mol. The van der Waals surface area contributed by atoms with Gasteiger partial charge in [0.25, 0.3) is 0 Å². The average Bonchev–Trinajstić information content (AvgIpc) is 3.12. The van der Waals surface area contributed by atoms with E-state index in [4.69, 9.17) is 14.2 Å². The summed E-state index contributed by atoms with van der Waals surface area (Å²) in [7, 11) is 1.76. The van der Waals surface area contributed by atoms with Crippen molar-refractivity contribution in [1.29, 1.82) is 0 Å². The molecule has 2 aliphatic heterocycles. The number of benzene rings is 1. The van der Waals surface area contributed by atoms with Gasteiger partial charge in [0.2, 0.25) is 5.91 Å². The zero-order valence-electron chi connectivity index (χ0n) is 16.5. The van der Waals surface area contributed by atoms with Crippen LogP contribution >= 0.6 is 0 Å². The summed E-state index contributed by atoms with van der Waals surface area (Å²) in [6.45, 7) is 5.62. The largest absolute Gasteiger partial charge is 0.494 e. The fraction of sp³-hybridized carbons (Fsp3) is 0.667. The Morgan fingerprint density at radius 1 is 1.37 bits per heavy atom. The molecule has 2 heterocycles. The summed E-state index contributed by atoms with van der Waals surface area (Å²) in [5, 5.41) is 2.98. The van der Waals surface area contributed by atoms with Gasteiger partial charge in [-0.25, -0.2) is 0 Å². The van der Waals surface area contributed by atoms with E-state index < -0.39 is 0 Å². The van der Waals surface area contributed by atoms with Crippen LogP contribution in [-0.4, -0.2) is 62.5 Å². The molecule has 6 heteroatoms. The van der Waals surface area contributed by atoms with Crippen molar-refractivity contribution in [2.24, 2.45) is 0 Å². The lowest BCUT2D eigenvalue weighted by Crippen LogP contribution is -2.58. The van der Waals surface area contributed by atoms with E-state index in [9.17, 15) is 4.79 Å². The number of nitrogens with zero attached hydrogens (tertiary/aromatic N) is 1. The molecule has 0 aromatic heterocycles. The van der Waals surface area contributed by atoms with E-state index in [-0.39, 0.29) is 17.6 Å². The summed E-state index contributed by atoms with van der Waals surface area (Å²) in [6, 6.07) is 7.57. The first kappa shape index (κ1) is 20.1. The Balaban J connectivity index is 1.49. The molecule has 1 spiro atoms. The summed E-state index contributed by atoms with van der Waals surface area (Å²) >= 11 is 0. The summed E-state index contributed by atoms with van der Waals surface area (Å²) in [6.07, 6.45) is 5.24. The highest BCUT2D eigenvalue weighted by Crippen LogP contribution is 2.36. The van der Waals surface area contributed by atoms with Crippen molar-refractivity contribution in [3.63, 3.8) is 0 Å². The van der Waals surface area contributed by atoms with Gasteiger partial charge in [0, 0.05) is 32.5 Å². The minimum Gasteiger partial charge on any atom is -0.494 e. The second-order valence-electron chi connectivity index (χ2n) is 7.52. The normalized spacial score (nSPS) is 25.6. The molecule has 0 radical (unpaired) electrons. The highest BCUT2D eigenvalue weighted by molar-refractivity contribution is 5.92. The van der Waals surface area contributed by atoms with Crippen LogP contribution in [0.1, 0.15) is 39.0 Å². The number of anilines is 1. The van der Waals surface area contributed by atoms with E-state index in [0.29, 0.717) is 6.54 Å². The van der Waals surface area contributed by atoms with Gasteiger partial charge in [-0.15, -0.1) is 0 Å². The minimum absolute atomic E-state index is 0.00124. The highest BCUT2D eigenvalue weighted by Gasteiger charge is 2.47. The summed E-state index contributed by atoms with van der Waals surface area (Å²) in [4.78, 5) is 14.7. The fourth-order valence-corrected chi connectivity index (χ4v) is 4.06. The quantitative estimate of drug-likeness (QED) is 0.707. The van der Waals surface area contributed by atoms with Crippen LogP contribution in [-0.2, 0) is 14.3 Å². The number of methoxy groups -OCH3 is 1. The third kappa shape index (κ3) is 5.21. The molecule has 1 aromatic rings. The maximum absolute atomic E-state index is 12.5. The number of amides is 1. The van der Waals surface area contributed by atoms with Crippen molar-refractivity contribution < 1.29 is 19.0 Å². The Labute approximate surface area is 162 Å². The van der Waals surface area contributed by atoms with Crippen molar-refractivity contribution in [2.75, 3.05) is 45.3 Å². The van der Waals surface area contributed by atoms with Gasteiger partial charge in [-0.05, 0) is 49.9 Å². The van der Waals surface area contributed by atoms with Gasteiger partial charge in [-0.1, -0.05) is 13.3 Å². The monoisotopic (exact) mass is 376 g/mol. The van der Waals surface area contributed by atoms with E-state index >= 15 is 0 Å². The van der Waals surface area contributed by atoms with Gasteiger partial charge >= 0.3 is 0 Å². The zero-order chi connectivity index (χ0) is 19.1. The first-order valence-corrected chi connectivity index (χ1v) is 10.1. The Morgan fingerprint density at radius 2 is 2.19 bits per heavy atom. The van der Waals surface area contributed by atoms with Gasteiger partial charge in [0.15, 0.2) is 0 Å². The van der Waals surface area contributed by atoms with Gasteiger partial charge in [-0.2, -0.15) is 0 Å². The van der Waals surface area contributed by atoms with E-state index in [0.717, 1.165) is 69.8 Å². The van der Waals surface area contributed by atoms with Crippen LogP contribution in [0.25, 0.3) is 0 Å². The van der Waals surface area contributed by atoms with Crippen molar-refractivity contribution in [2.45, 2.75) is 50.7 Å². The molecular formula is C21H32N2O4. The van der Waals surface area contributed by atoms with Crippen molar-refractivity contribution in [3.8, 4) is 5.75 Å². The second kappa shape index (κ2) is 9.53. The predicted octanol–water partition coefficient (Wildman–Crippen LogP) is 3.07. The van der Waals surface area contributed by atoms with Crippen LogP contribution in [0.15, 0.2) is 24.3 Å². The Kier molecular flexibility index (Phi) is 7.10. The van der Waals surface area contributed by atoms with E-state index in [1.165, 1.54) is 0 Å². The van der Waals surface area contributed by atoms with Crippen LogP contribution in [0.2, 0.25) is 0 Å². The van der Waals surface area contributed by atoms with Crippen molar-refractivity contribution >= 4 is 11.6 Å². The highest BCUT2D eigenvalue weighted by atomic mass is 16.6. The molecule has 2 fully saturated rings. The minimum atomic E-state index is -0.245. The number of unbranched alkanes of at least 4 members (excludes halogenated alkanes) is 1. The van der Waals surface area contributed by atoms with E-state index in [1.54, 1.807) is 7.11 Å². The molecule has 0 aliphatic carbocycles. The second-order valence-corrected chi connectivity index (χ2v) is 7.52. The molecule has 6 nitrogen and oxygen atoms in total. The number of carbonyl (C=O) groups is 1. The number of carbonyl (C=O) groups excluding carboxylic acids is 1. The molecule has 2 saturated heterocycles. The summed E-state index contributed by atoms with van der Waals surface area (Å²) in [5.74, 6) is 0.835. The maximum Gasteiger partial charge on any atom is 0.238 e. The Morgan fingerprint density at radius 3 is 2.85 bits per heavy atom. The van der Waals surface area contributed by atoms with Crippen molar-refractivity contribution in [3.05, 3.63) is 24.3 Å². The summed E-state index contributed by atoms with van der Waals surface area (Å²) < 4.78 is 17.4. The molecule has 1 aromatic carbocycles. The molecular weight excluding hydrogens is 344 g/mol.